The molecule has 0 aliphatic carbocycles. The van der Waals surface area contributed by atoms with E-state index >= 15 is 0 Å². The van der Waals surface area contributed by atoms with E-state index in [-0.39, 0.29) is 6.10 Å². The van der Waals surface area contributed by atoms with Crippen molar-refractivity contribution in [3.8, 4) is 5.75 Å². The van der Waals surface area contributed by atoms with E-state index in [1.807, 2.05) is 55.7 Å². The van der Waals surface area contributed by atoms with Gasteiger partial charge in [-0.1, -0.05) is 23.7 Å². The first-order chi connectivity index (χ1) is 11.2. The molecule has 6 heteroatoms. The number of aliphatic imine (C=N–C) groups is 1. The molecule has 0 aliphatic heterocycles. The van der Waals surface area contributed by atoms with Crippen LogP contribution in [0.1, 0.15) is 6.92 Å². The molecule has 2 rings (SSSR count). The molecule has 124 valence electrons. The largest absolute Gasteiger partial charge is 0.487 e. The molecule has 1 atom stereocenters. The Bertz CT molecular complexity index is 613. The minimum absolute atomic E-state index is 0.0297. The van der Waals surface area contributed by atoms with Gasteiger partial charge in [0, 0.05) is 32.5 Å². The van der Waals surface area contributed by atoms with Crippen molar-refractivity contribution in [2.24, 2.45) is 4.99 Å². The van der Waals surface area contributed by atoms with Crippen LogP contribution in [0.3, 0.4) is 0 Å². The molecule has 0 saturated heterocycles. The topological polar surface area (TPSA) is 50.6 Å². The SMILES string of the molecule is CN=C(NCCn1cccc1)NCC(C)Oc1ccccc1Cl. The number of hydrogen-bond donors (Lipinski definition) is 2. The maximum absolute atomic E-state index is 6.09. The Labute approximate surface area is 142 Å². The molecule has 1 heterocycles. The quantitative estimate of drug-likeness (QED) is 0.604. The van der Waals surface area contributed by atoms with E-state index in [4.69, 9.17) is 16.3 Å². The van der Waals surface area contributed by atoms with Crippen molar-refractivity contribution in [2.45, 2.75) is 19.6 Å². The van der Waals surface area contributed by atoms with Crippen LogP contribution in [0.2, 0.25) is 5.02 Å². The predicted molar refractivity (Wildman–Crippen MR) is 95.3 cm³/mol. The van der Waals surface area contributed by atoms with Crippen LogP contribution in [-0.4, -0.2) is 36.8 Å². The lowest BCUT2D eigenvalue weighted by atomic mass is 10.3. The summed E-state index contributed by atoms with van der Waals surface area (Å²) in [6.45, 7) is 4.31. The second-order valence-electron chi connectivity index (χ2n) is 5.16. The number of guanidine groups is 1. The van der Waals surface area contributed by atoms with Crippen LogP contribution in [0.5, 0.6) is 5.75 Å². The molecule has 0 spiro atoms. The molecule has 0 bridgehead atoms. The third-order valence-electron chi connectivity index (χ3n) is 3.27. The molecule has 1 unspecified atom stereocenters. The Morgan fingerprint density at radius 3 is 2.65 bits per heavy atom. The highest BCUT2D eigenvalue weighted by molar-refractivity contribution is 6.32. The number of nitrogens with zero attached hydrogens (tertiary/aromatic N) is 2. The fourth-order valence-corrected chi connectivity index (χ4v) is 2.26. The summed E-state index contributed by atoms with van der Waals surface area (Å²) in [6, 6.07) is 11.5. The number of hydrogen-bond acceptors (Lipinski definition) is 2. The zero-order valence-electron chi connectivity index (χ0n) is 13.5. The van der Waals surface area contributed by atoms with E-state index in [1.165, 1.54) is 0 Å². The minimum Gasteiger partial charge on any atom is -0.487 e. The summed E-state index contributed by atoms with van der Waals surface area (Å²) in [7, 11) is 1.75. The number of nitrogens with one attached hydrogen (secondary N) is 2. The van der Waals surface area contributed by atoms with E-state index in [2.05, 4.69) is 20.2 Å². The third kappa shape index (κ3) is 5.87. The second-order valence-corrected chi connectivity index (χ2v) is 5.57. The summed E-state index contributed by atoms with van der Waals surface area (Å²) in [5.41, 5.74) is 0. The van der Waals surface area contributed by atoms with Gasteiger partial charge in [0.25, 0.3) is 0 Å². The first-order valence-electron chi connectivity index (χ1n) is 7.65. The van der Waals surface area contributed by atoms with Crippen molar-refractivity contribution < 1.29 is 4.74 Å². The molecule has 0 amide bonds. The van der Waals surface area contributed by atoms with Crippen molar-refractivity contribution in [1.82, 2.24) is 15.2 Å². The average Bonchev–Trinajstić information content (AvgIpc) is 3.06. The molecule has 0 aliphatic rings. The van der Waals surface area contributed by atoms with Crippen LogP contribution in [-0.2, 0) is 6.54 Å². The Balaban J connectivity index is 1.71. The summed E-state index contributed by atoms with van der Waals surface area (Å²) in [6.07, 6.45) is 4.05. The molecule has 1 aromatic carbocycles. The van der Waals surface area contributed by atoms with E-state index in [1.54, 1.807) is 7.05 Å². The van der Waals surface area contributed by atoms with Gasteiger partial charge in [-0.05, 0) is 31.2 Å². The Morgan fingerprint density at radius 1 is 1.22 bits per heavy atom. The maximum atomic E-state index is 6.09. The van der Waals surface area contributed by atoms with Gasteiger partial charge in [0.2, 0.25) is 0 Å². The van der Waals surface area contributed by atoms with Crippen molar-refractivity contribution >= 4 is 17.6 Å². The molecule has 23 heavy (non-hydrogen) atoms. The molecule has 0 saturated carbocycles. The van der Waals surface area contributed by atoms with Gasteiger partial charge in [-0.2, -0.15) is 0 Å². The Kier molecular flexibility index (Phi) is 6.81. The predicted octanol–water partition coefficient (Wildman–Crippen LogP) is 2.77. The summed E-state index contributed by atoms with van der Waals surface area (Å²) < 4.78 is 7.94. The second kappa shape index (κ2) is 9.10. The van der Waals surface area contributed by atoms with E-state index < -0.39 is 0 Å². The van der Waals surface area contributed by atoms with Gasteiger partial charge in [-0.25, -0.2) is 0 Å². The van der Waals surface area contributed by atoms with Gasteiger partial charge in [0.15, 0.2) is 5.96 Å². The monoisotopic (exact) mass is 334 g/mol. The number of para-hydroxylation sites is 1. The fourth-order valence-electron chi connectivity index (χ4n) is 2.08. The summed E-state index contributed by atoms with van der Waals surface area (Å²) >= 11 is 6.09. The zero-order valence-corrected chi connectivity index (χ0v) is 14.3. The number of aromatic nitrogens is 1. The highest BCUT2D eigenvalue weighted by Gasteiger charge is 2.07. The van der Waals surface area contributed by atoms with Gasteiger partial charge in [-0.3, -0.25) is 4.99 Å². The normalized spacial score (nSPS) is 12.7. The molecule has 5 nitrogen and oxygen atoms in total. The number of benzene rings is 1. The summed E-state index contributed by atoms with van der Waals surface area (Å²) in [5, 5.41) is 7.14. The van der Waals surface area contributed by atoms with Crippen LogP contribution in [0, 0.1) is 0 Å². The summed E-state index contributed by atoms with van der Waals surface area (Å²) in [5.74, 6) is 1.45. The molecule has 1 aromatic heterocycles. The standard InChI is InChI=1S/C17H23ClN4O/c1-14(23-16-8-4-3-7-15(16)18)13-21-17(19-2)20-9-12-22-10-5-6-11-22/h3-8,10-11,14H,9,12-13H2,1-2H3,(H2,19,20,21). The van der Waals surface area contributed by atoms with Crippen LogP contribution in [0.4, 0.5) is 0 Å². The average molecular weight is 335 g/mol. The lowest BCUT2D eigenvalue weighted by Gasteiger charge is -2.18. The van der Waals surface area contributed by atoms with Crippen molar-refractivity contribution in [2.75, 3.05) is 20.1 Å². The lowest BCUT2D eigenvalue weighted by Crippen LogP contribution is -2.42. The smallest absolute Gasteiger partial charge is 0.191 e. The molecular formula is C17H23ClN4O. The zero-order chi connectivity index (χ0) is 16.5. The van der Waals surface area contributed by atoms with Gasteiger partial charge in [-0.15, -0.1) is 0 Å². The fraction of sp³-hybridized carbons (Fsp3) is 0.353. The highest BCUT2D eigenvalue weighted by atomic mass is 35.5. The first kappa shape index (κ1) is 17.2. The van der Waals surface area contributed by atoms with E-state index in [0.717, 1.165) is 19.0 Å². The van der Waals surface area contributed by atoms with Crippen molar-refractivity contribution in [1.29, 1.82) is 0 Å². The van der Waals surface area contributed by atoms with Gasteiger partial charge in [0.05, 0.1) is 11.6 Å². The minimum atomic E-state index is -0.0297. The van der Waals surface area contributed by atoms with Crippen LogP contribution in [0.15, 0.2) is 53.8 Å². The molecule has 2 N–H and O–H groups in total. The van der Waals surface area contributed by atoms with E-state index in [9.17, 15) is 0 Å². The highest BCUT2D eigenvalue weighted by Crippen LogP contribution is 2.23. The lowest BCUT2D eigenvalue weighted by molar-refractivity contribution is 0.224. The Morgan fingerprint density at radius 2 is 1.96 bits per heavy atom. The number of rotatable bonds is 7. The Hall–Kier alpha value is -2.14. The summed E-state index contributed by atoms with van der Waals surface area (Å²) in [4.78, 5) is 4.21. The van der Waals surface area contributed by atoms with Crippen LogP contribution < -0.4 is 15.4 Å². The third-order valence-corrected chi connectivity index (χ3v) is 3.59. The molecule has 0 fully saturated rings. The van der Waals surface area contributed by atoms with Crippen LogP contribution in [0.25, 0.3) is 0 Å². The molecule has 2 aromatic rings. The molecular weight excluding hydrogens is 312 g/mol. The molecule has 0 radical (unpaired) electrons. The maximum Gasteiger partial charge on any atom is 0.191 e. The van der Waals surface area contributed by atoms with Gasteiger partial charge < -0.3 is 19.9 Å². The van der Waals surface area contributed by atoms with Gasteiger partial charge >= 0.3 is 0 Å². The number of ether oxygens (including phenoxy) is 1. The van der Waals surface area contributed by atoms with Crippen molar-refractivity contribution in [3.63, 3.8) is 0 Å². The first-order valence-corrected chi connectivity index (χ1v) is 8.03. The van der Waals surface area contributed by atoms with Crippen LogP contribution >= 0.6 is 11.6 Å². The van der Waals surface area contributed by atoms with E-state index in [0.29, 0.717) is 17.3 Å². The van der Waals surface area contributed by atoms with Gasteiger partial charge in [0.1, 0.15) is 11.9 Å². The number of halogens is 1. The van der Waals surface area contributed by atoms with Crippen molar-refractivity contribution in [3.05, 3.63) is 53.8 Å².